The van der Waals surface area contributed by atoms with Gasteiger partial charge in [0.15, 0.2) is 5.84 Å². The van der Waals surface area contributed by atoms with Gasteiger partial charge in [0.05, 0.1) is 26.3 Å². The highest BCUT2D eigenvalue weighted by atomic mass is 16.5. The molecule has 1 aromatic rings. The summed E-state index contributed by atoms with van der Waals surface area (Å²) >= 11 is 0. The van der Waals surface area contributed by atoms with Gasteiger partial charge < -0.3 is 10.5 Å². The number of rotatable bonds is 2. The summed E-state index contributed by atoms with van der Waals surface area (Å²) in [6.45, 7) is 3.08. The van der Waals surface area contributed by atoms with Gasteiger partial charge in [0.25, 0.3) is 0 Å². The third kappa shape index (κ3) is 2.70. The van der Waals surface area contributed by atoms with Gasteiger partial charge in [-0.25, -0.2) is 0 Å². The first-order chi connectivity index (χ1) is 7.36. The van der Waals surface area contributed by atoms with E-state index >= 15 is 0 Å². The van der Waals surface area contributed by atoms with Crippen LogP contribution in [0, 0.1) is 0 Å². The summed E-state index contributed by atoms with van der Waals surface area (Å²) in [6, 6.07) is 9.79. The van der Waals surface area contributed by atoms with E-state index in [2.05, 4.69) is 5.10 Å². The van der Waals surface area contributed by atoms with Crippen LogP contribution in [0.5, 0.6) is 0 Å². The van der Waals surface area contributed by atoms with Gasteiger partial charge in [-0.05, 0) is 0 Å². The van der Waals surface area contributed by atoms with Crippen molar-refractivity contribution in [1.82, 2.24) is 5.01 Å². The number of amidine groups is 1. The first kappa shape index (κ1) is 9.98. The lowest BCUT2D eigenvalue weighted by Crippen LogP contribution is -2.34. The largest absolute Gasteiger partial charge is 0.382 e. The molecule has 0 unspecified atom stereocenters. The molecule has 2 N–H and O–H groups in total. The molecule has 0 aromatic heterocycles. The summed E-state index contributed by atoms with van der Waals surface area (Å²) in [5.41, 5.74) is 6.86. The van der Waals surface area contributed by atoms with E-state index in [1.807, 2.05) is 35.3 Å². The first-order valence-corrected chi connectivity index (χ1v) is 5.08. The van der Waals surface area contributed by atoms with Crippen LogP contribution < -0.4 is 5.73 Å². The van der Waals surface area contributed by atoms with Crippen LogP contribution in [0.2, 0.25) is 0 Å². The molecule has 1 heterocycles. The van der Waals surface area contributed by atoms with Crippen LogP contribution in [0.25, 0.3) is 0 Å². The molecule has 0 radical (unpaired) electrons. The van der Waals surface area contributed by atoms with E-state index in [1.54, 1.807) is 0 Å². The van der Waals surface area contributed by atoms with Crippen molar-refractivity contribution in [2.45, 2.75) is 0 Å². The SMILES string of the molecule is N/C(=N\N1CCOCC1)c1ccccc1. The third-order valence-electron chi connectivity index (χ3n) is 2.31. The lowest BCUT2D eigenvalue weighted by molar-refractivity contribution is 0.0393. The summed E-state index contributed by atoms with van der Waals surface area (Å²) in [4.78, 5) is 0. The summed E-state index contributed by atoms with van der Waals surface area (Å²) in [5.74, 6) is 0.567. The molecular formula is C11H15N3O. The number of nitrogens with zero attached hydrogens (tertiary/aromatic N) is 2. The fourth-order valence-electron chi connectivity index (χ4n) is 1.47. The van der Waals surface area contributed by atoms with Crippen molar-refractivity contribution in [1.29, 1.82) is 0 Å². The quantitative estimate of drug-likeness (QED) is 0.569. The van der Waals surface area contributed by atoms with E-state index in [0.29, 0.717) is 5.84 Å². The van der Waals surface area contributed by atoms with Crippen molar-refractivity contribution < 1.29 is 4.74 Å². The Morgan fingerprint density at radius 3 is 2.53 bits per heavy atom. The predicted molar refractivity (Wildman–Crippen MR) is 59.6 cm³/mol. The third-order valence-corrected chi connectivity index (χ3v) is 2.31. The molecule has 80 valence electrons. The molecule has 1 fully saturated rings. The zero-order valence-corrected chi connectivity index (χ0v) is 8.60. The Hall–Kier alpha value is -1.55. The van der Waals surface area contributed by atoms with E-state index in [4.69, 9.17) is 10.5 Å². The second kappa shape index (κ2) is 4.79. The number of nitrogens with two attached hydrogens (primary N) is 1. The molecule has 0 aliphatic carbocycles. The Bertz CT molecular complexity index is 331. The predicted octanol–water partition coefficient (Wildman–Crippen LogP) is 0.639. The van der Waals surface area contributed by atoms with E-state index in [-0.39, 0.29) is 0 Å². The van der Waals surface area contributed by atoms with Crippen molar-refractivity contribution in [2.24, 2.45) is 10.8 Å². The van der Waals surface area contributed by atoms with Crippen LogP contribution in [-0.4, -0.2) is 37.1 Å². The lowest BCUT2D eigenvalue weighted by atomic mass is 10.2. The van der Waals surface area contributed by atoms with Gasteiger partial charge in [0.2, 0.25) is 0 Å². The number of benzene rings is 1. The summed E-state index contributed by atoms with van der Waals surface area (Å²) in [7, 11) is 0. The van der Waals surface area contributed by atoms with Crippen molar-refractivity contribution >= 4 is 5.84 Å². The highest BCUT2D eigenvalue weighted by molar-refractivity contribution is 5.97. The second-order valence-electron chi connectivity index (χ2n) is 3.42. The summed E-state index contributed by atoms with van der Waals surface area (Å²) in [5, 5.41) is 6.30. The average molecular weight is 205 g/mol. The minimum Gasteiger partial charge on any atom is -0.382 e. The molecule has 0 saturated carbocycles. The molecule has 1 aromatic carbocycles. The molecule has 0 amide bonds. The molecular weight excluding hydrogens is 190 g/mol. The Kier molecular flexibility index (Phi) is 3.19. The van der Waals surface area contributed by atoms with Crippen LogP contribution in [0.4, 0.5) is 0 Å². The molecule has 2 rings (SSSR count). The minimum atomic E-state index is 0.567. The van der Waals surface area contributed by atoms with Gasteiger partial charge in [-0.2, -0.15) is 5.10 Å². The Morgan fingerprint density at radius 2 is 1.87 bits per heavy atom. The molecule has 0 bridgehead atoms. The second-order valence-corrected chi connectivity index (χ2v) is 3.42. The summed E-state index contributed by atoms with van der Waals surface area (Å²) < 4.78 is 5.24. The average Bonchev–Trinajstić information content (AvgIpc) is 2.31. The molecule has 0 atom stereocenters. The van der Waals surface area contributed by atoms with Crippen LogP contribution in [0.3, 0.4) is 0 Å². The van der Waals surface area contributed by atoms with Crippen molar-refractivity contribution in [3.8, 4) is 0 Å². The number of hydrogen-bond donors (Lipinski definition) is 1. The van der Waals surface area contributed by atoms with Gasteiger partial charge in [0.1, 0.15) is 0 Å². The molecule has 1 aliphatic heterocycles. The van der Waals surface area contributed by atoms with Gasteiger partial charge in [-0.15, -0.1) is 0 Å². The number of hydrazone groups is 1. The van der Waals surface area contributed by atoms with Gasteiger partial charge in [0, 0.05) is 5.56 Å². The van der Waals surface area contributed by atoms with E-state index in [1.165, 1.54) is 0 Å². The van der Waals surface area contributed by atoms with Gasteiger partial charge >= 0.3 is 0 Å². The Balaban J connectivity index is 2.06. The van der Waals surface area contributed by atoms with E-state index < -0.39 is 0 Å². The fourth-order valence-corrected chi connectivity index (χ4v) is 1.47. The fraction of sp³-hybridized carbons (Fsp3) is 0.364. The lowest BCUT2D eigenvalue weighted by Gasteiger charge is -2.24. The smallest absolute Gasteiger partial charge is 0.150 e. The van der Waals surface area contributed by atoms with Crippen molar-refractivity contribution in [2.75, 3.05) is 26.3 Å². The number of hydrogen-bond acceptors (Lipinski definition) is 3. The number of ether oxygens (including phenoxy) is 1. The molecule has 0 spiro atoms. The normalized spacial score (nSPS) is 17.9. The van der Waals surface area contributed by atoms with E-state index in [9.17, 15) is 0 Å². The topological polar surface area (TPSA) is 50.8 Å². The van der Waals surface area contributed by atoms with Gasteiger partial charge in [-0.1, -0.05) is 30.3 Å². The zero-order valence-electron chi connectivity index (χ0n) is 8.60. The Morgan fingerprint density at radius 1 is 1.20 bits per heavy atom. The standard InChI is InChI=1S/C11H15N3O/c12-11(10-4-2-1-3-5-10)13-14-6-8-15-9-7-14/h1-5H,6-9H2,(H2,12,13). The highest BCUT2D eigenvalue weighted by Gasteiger charge is 2.08. The summed E-state index contributed by atoms with van der Waals surface area (Å²) in [6.07, 6.45) is 0. The molecule has 1 saturated heterocycles. The maximum atomic E-state index is 5.89. The number of morpholine rings is 1. The maximum Gasteiger partial charge on any atom is 0.150 e. The van der Waals surface area contributed by atoms with Gasteiger partial charge in [-0.3, -0.25) is 5.01 Å². The van der Waals surface area contributed by atoms with Crippen LogP contribution >= 0.6 is 0 Å². The molecule has 1 aliphatic rings. The highest BCUT2D eigenvalue weighted by Crippen LogP contribution is 2.01. The van der Waals surface area contributed by atoms with Crippen LogP contribution in [0.1, 0.15) is 5.56 Å². The maximum absolute atomic E-state index is 5.89. The van der Waals surface area contributed by atoms with E-state index in [0.717, 1.165) is 31.9 Å². The zero-order chi connectivity index (χ0) is 10.5. The molecule has 15 heavy (non-hydrogen) atoms. The molecule has 4 heteroatoms. The molecule has 4 nitrogen and oxygen atoms in total. The van der Waals surface area contributed by atoms with Crippen molar-refractivity contribution in [3.63, 3.8) is 0 Å². The van der Waals surface area contributed by atoms with Crippen molar-refractivity contribution in [3.05, 3.63) is 35.9 Å². The Labute approximate surface area is 89.3 Å². The van der Waals surface area contributed by atoms with Crippen LogP contribution in [0.15, 0.2) is 35.4 Å². The van der Waals surface area contributed by atoms with Crippen LogP contribution in [-0.2, 0) is 4.74 Å². The first-order valence-electron chi connectivity index (χ1n) is 5.08. The monoisotopic (exact) mass is 205 g/mol. The minimum absolute atomic E-state index is 0.567.